The maximum Gasteiger partial charge on any atom is 0.219 e. The second-order valence-corrected chi connectivity index (χ2v) is 8.78. The second-order valence-electron chi connectivity index (χ2n) is 8.78. The fraction of sp³-hybridized carbons (Fsp3) is 0.565. The Labute approximate surface area is 166 Å². The number of hydrogen-bond donors (Lipinski definition) is 1. The molecule has 3 fully saturated rings. The molecule has 1 N–H and O–H groups in total. The van der Waals surface area contributed by atoms with E-state index in [4.69, 9.17) is 9.72 Å². The van der Waals surface area contributed by atoms with Crippen molar-refractivity contribution in [3.05, 3.63) is 35.9 Å². The number of pyridine rings is 1. The lowest BCUT2D eigenvalue weighted by Gasteiger charge is -2.29. The van der Waals surface area contributed by atoms with E-state index in [1.807, 2.05) is 6.92 Å². The molecule has 3 aliphatic rings. The lowest BCUT2D eigenvalue weighted by molar-refractivity contribution is -0.121. The number of aryl methyl sites for hydroxylation is 1. The second kappa shape index (κ2) is 6.73. The highest BCUT2D eigenvalue weighted by molar-refractivity contribution is 5.84. The molecule has 2 aromatic rings. The first-order valence-electron chi connectivity index (χ1n) is 10.7. The van der Waals surface area contributed by atoms with Crippen LogP contribution in [0.15, 0.2) is 30.3 Å². The molecular formula is C23H29N3O2. The minimum Gasteiger partial charge on any atom is -0.369 e. The van der Waals surface area contributed by atoms with Crippen LogP contribution in [0, 0.1) is 18.8 Å². The van der Waals surface area contributed by atoms with Gasteiger partial charge in [-0.05, 0) is 43.9 Å². The van der Waals surface area contributed by atoms with Gasteiger partial charge in [-0.15, -0.1) is 0 Å². The van der Waals surface area contributed by atoms with E-state index in [1.165, 1.54) is 10.9 Å². The molecule has 3 aliphatic heterocycles. The molecule has 5 rings (SSSR count). The smallest absolute Gasteiger partial charge is 0.219 e. The maximum absolute atomic E-state index is 12.0. The van der Waals surface area contributed by atoms with Gasteiger partial charge in [0.15, 0.2) is 0 Å². The van der Waals surface area contributed by atoms with E-state index < -0.39 is 0 Å². The molecule has 0 unspecified atom stereocenters. The van der Waals surface area contributed by atoms with Crippen LogP contribution in [0.25, 0.3) is 10.9 Å². The molecule has 1 spiro atoms. The Bertz CT molecular complexity index is 914. The lowest BCUT2D eigenvalue weighted by Crippen LogP contribution is -2.41. The van der Waals surface area contributed by atoms with Gasteiger partial charge in [0.25, 0.3) is 0 Å². The number of anilines is 1. The Morgan fingerprint density at radius 2 is 2.25 bits per heavy atom. The molecule has 5 nitrogen and oxygen atoms in total. The van der Waals surface area contributed by atoms with Crippen molar-refractivity contribution in [3.8, 4) is 0 Å². The van der Waals surface area contributed by atoms with Gasteiger partial charge >= 0.3 is 0 Å². The van der Waals surface area contributed by atoms with Gasteiger partial charge < -0.3 is 15.0 Å². The number of hydrogen-bond acceptors (Lipinski definition) is 4. The number of amides is 1. The van der Waals surface area contributed by atoms with Crippen LogP contribution >= 0.6 is 0 Å². The fourth-order valence-corrected chi connectivity index (χ4v) is 5.68. The molecule has 0 aliphatic carbocycles. The van der Waals surface area contributed by atoms with Crippen molar-refractivity contribution in [2.45, 2.75) is 51.2 Å². The number of benzene rings is 1. The first kappa shape index (κ1) is 17.9. The summed E-state index contributed by atoms with van der Waals surface area (Å²) in [6.07, 6.45) is 4.05. The number of carbonyl (C=O) groups excluding carboxylic acids is 1. The van der Waals surface area contributed by atoms with Crippen LogP contribution in [-0.4, -0.2) is 42.2 Å². The number of fused-ring (bicyclic) bond motifs is 2. The molecule has 4 heterocycles. The van der Waals surface area contributed by atoms with Crippen LogP contribution < -0.4 is 10.2 Å². The number of nitrogens with one attached hydrogen (secondary N) is 1. The maximum atomic E-state index is 12.0. The van der Waals surface area contributed by atoms with Gasteiger partial charge in [-0.3, -0.25) is 4.79 Å². The summed E-state index contributed by atoms with van der Waals surface area (Å²) in [5.74, 6) is 2.12. The average Bonchev–Trinajstić information content (AvgIpc) is 3.35. The predicted molar refractivity (Wildman–Crippen MR) is 110 cm³/mol. The van der Waals surface area contributed by atoms with Crippen LogP contribution in [0.1, 0.15) is 38.2 Å². The van der Waals surface area contributed by atoms with Crippen molar-refractivity contribution < 1.29 is 9.53 Å². The van der Waals surface area contributed by atoms with Gasteiger partial charge in [0.05, 0.1) is 17.2 Å². The highest BCUT2D eigenvalue weighted by Gasteiger charge is 2.63. The molecule has 5 heteroatoms. The minimum atomic E-state index is -0.0496. The van der Waals surface area contributed by atoms with Gasteiger partial charge in [-0.2, -0.15) is 0 Å². The number of rotatable bonds is 5. The summed E-state index contributed by atoms with van der Waals surface area (Å²) in [5, 5.41) is 4.37. The monoisotopic (exact) mass is 379 g/mol. The van der Waals surface area contributed by atoms with E-state index in [1.54, 1.807) is 0 Å². The van der Waals surface area contributed by atoms with Crippen molar-refractivity contribution in [1.29, 1.82) is 0 Å². The third kappa shape index (κ3) is 2.79. The van der Waals surface area contributed by atoms with Crippen LogP contribution in [0.4, 0.5) is 5.82 Å². The highest BCUT2D eigenvalue weighted by Crippen LogP contribution is 2.55. The van der Waals surface area contributed by atoms with Crippen LogP contribution in [0.3, 0.4) is 0 Å². The molecule has 1 aromatic heterocycles. The van der Waals surface area contributed by atoms with Gasteiger partial charge in [0, 0.05) is 43.3 Å². The van der Waals surface area contributed by atoms with Gasteiger partial charge in [0.2, 0.25) is 5.91 Å². The van der Waals surface area contributed by atoms with E-state index in [2.05, 4.69) is 47.5 Å². The lowest BCUT2D eigenvalue weighted by atomic mass is 9.73. The summed E-state index contributed by atoms with van der Waals surface area (Å²) in [6, 6.07) is 10.6. The number of aromatic nitrogens is 1. The highest BCUT2D eigenvalue weighted by atomic mass is 16.5. The van der Waals surface area contributed by atoms with Crippen molar-refractivity contribution in [1.82, 2.24) is 10.3 Å². The van der Waals surface area contributed by atoms with E-state index in [-0.39, 0.29) is 11.5 Å². The van der Waals surface area contributed by atoms with E-state index in [9.17, 15) is 4.79 Å². The average molecular weight is 380 g/mol. The van der Waals surface area contributed by atoms with Crippen molar-refractivity contribution >= 4 is 22.6 Å². The Morgan fingerprint density at radius 1 is 1.39 bits per heavy atom. The Hall–Kier alpha value is -2.14. The van der Waals surface area contributed by atoms with Gasteiger partial charge in [0.1, 0.15) is 5.82 Å². The zero-order valence-corrected chi connectivity index (χ0v) is 16.8. The van der Waals surface area contributed by atoms with Crippen LogP contribution in [-0.2, 0) is 9.53 Å². The predicted octanol–water partition coefficient (Wildman–Crippen LogP) is 3.44. The normalized spacial score (nSPS) is 30.8. The Kier molecular flexibility index (Phi) is 4.31. The van der Waals surface area contributed by atoms with Crippen LogP contribution in [0.5, 0.6) is 0 Å². The quantitative estimate of drug-likeness (QED) is 0.865. The molecule has 0 saturated carbocycles. The van der Waals surface area contributed by atoms with Crippen molar-refractivity contribution in [3.63, 3.8) is 0 Å². The van der Waals surface area contributed by atoms with Gasteiger partial charge in [-0.25, -0.2) is 4.98 Å². The summed E-state index contributed by atoms with van der Waals surface area (Å²) in [7, 11) is 0. The molecule has 4 atom stereocenters. The molecule has 0 radical (unpaired) electrons. The third-order valence-corrected chi connectivity index (χ3v) is 7.03. The summed E-state index contributed by atoms with van der Waals surface area (Å²) >= 11 is 0. The molecule has 1 amide bonds. The molecule has 1 aromatic carbocycles. The standard InChI is InChI=1S/C23H29N3O2/c1-3-6-22(27)24-12-17-18-13-26(14-23(18)10-9-20(17)28-23)21-11-15(2)16-7-4-5-8-19(16)25-21/h4-5,7-8,11,17-18,20H,3,6,9-10,12-14H2,1-2H3,(H,24,27)/t17-,18+,20+,23+/m0/s1. The molecule has 28 heavy (non-hydrogen) atoms. The van der Waals surface area contributed by atoms with Crippen LogP contribution in [0.2, 0.25) is 0 Å². The zero-order valence-electron chi connectivity index (χ0n) is 16.8. The minimum absolute atomic E-state index is 0.0496. The first-order valence-corrected chi connectivity index (χ1v) is 10.7. The Morgan fingerprint density at radius 3 is 3.11 bits per heavy atom. The SMILES string of the molecule is CCCC(=O)NC[C@H]1[C@H]2CN(c3cc(C)c4ccccc4n3)C[C@]23CC[C@H]1O3. The number of ether oxygens (including phenoxy) is 1. The fourth-order valence-electron chi connectivity index (χ4n) is 5.68. The van der Waals surface area contributed by atoms with Crippen molar-refractivity contribution in [2.24, 2.45) is 11.8 Å². The van der Waals surface area contributed by atoms with Crippen molar-refractivity contribution in [2.75, 3.05) is 24.5 Å². The summed E-state index contributed by atoms with van der Waals surface area (Å²) in [6.45, 7) is 6.83. The molecular weight excluding hydrogens is 350 g/mol. The first-order chi connectivity index (χ1) is 13.6. The number of nitrogens with zero attached hydrogens (tertiary/aromatic N) is 2. The largest absolute Gasteiger partial charge is 0.369 e. The summed E-state index contributed by atoms with van der Waals surface area (Å²) in [5.41, 5.74) is 2.27. The molecule has 3 saturated heterocycles. The number of carbonyl (C=O) groups is 1. The third-order valence-electron chi connectivity index (χ3n) is 7.03. The van der Waals surface area contributed by atoms with Gasteiger partial charge in [-0.1, -0.05) is 25.1 Å². The van der Waals surface area contributed by atoms with E-state index in [0.29, 0.717) is 24.4 Å². The molecule has 148 valence electrons. The molecule has 2 bridgehead atoms. The summed E-state index contributed by atoms with van der Waals surface area (Å²) < 4.78 is 6.54. The number of para-hydroxylation sites is 1. The van der Waals surface area contributed by atoms with E-state index >= 15 is 0 Å². The summed E-state index contributed by atoms with van der Waals surface area (Å²) in [4.78, 5) is 19.3. The topological polar surface area (TPSA) is 54.5 Å². The Balaban J connectivity index is 1.37. The zero-order chi connectivity index (χ0) is 19.3. The van der Waals surface area contributed by atoms with E-state index in [0.717, 1.165) is 50.2 Å².